The van der Waals surface area contributed by atoms with Crippen LogP contribution in [0.3, 0.4) is 0 Å². The summed E-state index contributed by atoms with van der Waals surface area (Å²) in [6.07, 6.45) is 3.09. The fourth-order valence-corrected chi connectivity index (χ4v) is 4.71. The van der Waals surface area contributed by atoms with Gasteiger partial charge in [0.05, 0.1) is 0 Å². The van der Waals surface area contributed by atoms with Gasteiger partial charge < -0.3 is 24.9 Å². The number of hydrogen-bond donors (Lipinski definition) is 2. The summed E-state index contributed by atoms with van der Waals surface area (Å²) in [7, 11) is 0. The van der Waals surface area contributed by atoms with Crippen LogP contribution < -0.4 is 20.4 Å². The Kier molecular flexibility index (Phi) is 6.39. The van der Waals surface area contributed by atoms with Crippen LogP contribution in [0.15, 0.2) is 46.9 Å². The number of fused-ring (bicyclic) bond motifs is 1. The highest BCUT2D eigenvalue weighted by molar-refractivity contribution is 6.39. The molecule has 0 radical (unpaired) electrons. The Labute approximate surface area is 203 Å². The Morgan fingerprint density at radius 3 is 2.63 bits per heavy atom. The molecule has 2 aliphatic heterocycles. The molecule has 0 saturated carbocycles. The van der Waals surface area contributed by atoms with Gasteiger partial charge in [0.25, 0.3) is 6.01 Å². The smallest absolute Gasteiger partial charge is 0.313 e. The van der Waals surface area contributed by atoms with E-state index in [0.717, 1.165) is 54.7 Å². The Balaban J connectivity index is 1.11. The molecule has 3 amide bonds. The first-order valence-electron chi connectivity index (χ1n) is 12.1. The summed E-state index contributed by atoms with van der Waals surface area (Å²) in [5, 5.41) is 5.42. The zero-order chi connectivity index (χ0) is 24.4. The number of benzene rings is 2. The molecule has 0 bridgehead atoms. The van der Waals surface area contributed by atoms with Crippen molar-refractivity contribution in [2.24, 2.45) is 5.92 Å². The predicted octanol–water partition coefficient (Wildman–Crippen LogP) is 3.23. The van der Waals surface area contributed by atoms with E-state index in [9.17, 15) is 14.4 Å². The maximum absolute atomic E-state index is 12.5. The lowest BCUT2D eigenvalue weighted by Crippen LogP contribution is -2.42. The summed E-state index contributed by atoms with van der Waals surface area (Å²) in [5.74, 6) is -1.02. The lowest BCUT2D eigenvalue weighted by molar-refractivity contribution is -0.136. The normalized spacial score (nSPS) is 16.7. The Morgan fingerprint density at radius 2 is 1.89 bits per heavy atom. The molecule has 1 aromatic heterocycles. The van der Waals surface area contributed by atoms with Gasteiger partial charge in [-0.15, -0.1) is 0 Å². The summed E-state index contributed by atoms with van der Waals surface area (Å²) in [6.45, 7) is 4.59. The van der Waals surface area contributed by atoms with E-state index in [0.29, 0.717) is 31.2 Å². The third kappa shape index (κ3) is 4.99. The molecule has 2 aromatic carbocycles. The number of para-hydroxylation sites is 2. The van der Waals surface area contributed by atoms with Crippen LogP contribution in [0, 0.1) is 12.8 Å². The van der Waals surface area contributed by atoms with Crippen molar-refractivity contribution in [3.63, 3.8) is 0 Å². The second-order valence-electron chi connectivity index (χ2n) is 9.21. The van der Waals surface area contributed by atoms with E-state index in [1.54, 1.807) is 17.0 Å². The molecule has 2 aliphatic rings. The summed E-state index contributed by atoms with van der Waals surface area (Å²) in [4.78, 5) is 45.4. The summed E-state index contributed by atoms with van der Waals surface area (Å²) < 4.78 is 5.85. The Morgan fingerprint density at radius 1 is 1.09 bits per heavy atom. The van der Waals surface area contributed by atoms with Crippen molar-refractivity contribution in [1.29, 1.82) is 0 Å². The van der Waals surface area contributed by atoms with Crippen LogP contribution in [0.4, 0.5) is 17.4 Å². The van der Waals surface area contributed by atoms with Gasteiger partial charge in [-0.1, -0.05) is 18.2 Å². The van der Waals surface area contributed by atoms with Crippen molar-refractivity contribution in [2.75, 3.05) is 41.3 Å². The fraction of sp³-hybridized carbons (Fsp3) is 0.385. The number of carbonyl (C=O) groups is 3. The number of aromatic nitrogens is 1. The van der Waals surface area contributed by atoms with Crippen LogP contribution in [-0.2, 0) is 14.4 Å². The minimum absolute atomic E-state index is 0.0801. The lowest BCUT2D eigenvalue weighted by Gasteiger charge is -2.30. The topological polar surface area (TPSA) is 108 Å². The molecule has 3 aromatic rings. The number of aryl methyl sites for hydroxylation is 1. The Hall–Kier alpha value is -3.88. The average Bonchev–Trinajstić information content (AvgIpc) is 3.50. The number of hydrogen-bond acceptors (Lipinski definition) is 6. The second-order valence-corrected chi connectivity index (χ2v) is 9.21. The van der Waals surface area contributed by atoms with E-state index < -0.39 is 11.8 Å². The number of anilines is 3. The standard InChI is InChI=1S/C26H29N5O4/c1-17-8-9-19(15-21(17)31-12-4-7-23(31)32)28-25(34)24(33)27-16-18-10-13-30(14-11-18)26-29-20-5-2-3-6-22(20)35-26/h2-3,5-6,8-9,15,18H,4,7,10-14,16H2,1H3,(H,27,33)(H,28,34). The quantitative estimate of drug-likeness (QED) is 0.549. The summed E-state index contributed by atoms with van der Waals surface area (Å²) in [5.41, 5.74) is 3.84. The molecule has 182 valence electrons. The summed E-state index contributed by atoms with van der Waals surface area (Å²) in [6, 6.07) is 13.7. The van der Waals surface area contributed by atoms with E-state index in [4.69, 9.17) is 4.42 Å². The zero-order valence-electron chi connectivity index (χ0n) is 19.8. The highest BCUT2D eigenvalue weighted by Gasteiger charge is 2.25. The SMILES string of the molecule is Cc1ccc(NC(=O)C(=O)NCC2CCN(c3nc4ccccc4o3)CC2)cc1N1CCCC1=O. The maximum Gasteiger partial charge on any atom is 0.313 e. The van der Waals surface area contributed by atoms with E-state index in [-0.39, 0.29) is 11.8 Å². The molecule has 2 saturated heterocycles. The molecule has 0 atom stereocenters. The molecule has 0 aliphatic carbocycles. The van der Waals surface area contributed by atoms with Crippen molar-refractivity contribution < 1.29 is 18.8 Å². The molecule has 2 fully saturated rings. The number of nitrogens with zero attached hydrogens (tertiary/aromatic N) is 3. The van der Waals surface area contributed by atoms with Crippen molar-refractivity contribution in [3.8, 4) is 0 Å². The number of oxazole rings is 1. The molecular weight excluding hydrogens is 446 g/mol. The number of carbonyl (C=O) groups excluding carboxylic acids is 3. The van der Waals surface area contributed by atoms with Crippen LogP contribution in [0.2, 0.25) is 0 Å². The van der Waals surface area contributed by atoms with Gasteiger partial charge in [-0.2, -0.15) is 4.98 Å². The first-order valence-corrected chi connectivity index (χ1v) is 12.1. The van der Waals surface area contributed by atoms with Crippen molar-refractivity contribution >= 4 is 46.2 Å². The number of piperidine rings is 1. The highest BCUT2D eigenvalue weighted by Crippen LogP contribution is 2.28. The van der Waals surface area contributed by atoms with Gasteiger partial charge in [0, 0.05) is 44.0 Å². The van der Waals surface area contributed by atoms with Crippen LogP contribution >= 0.6 is 0 Å². The molecule has 0 spiro atoms. The fourth-order valence-electron chi connectivity index (χ4n) is 4.71. The molecule has 3 heterocycles. The van der Waals surface area contributed by atoms with Crippen LogP contribution in [-0.4, -0.2) is 48.9 Å². The first-order chi connectivity index (χ1) is 17.0. The zero-order valence-corrected chi connectivity index (χ0v) is 19.8. The van der Waals surface area contributed by atoms with Gasteiger partial charge in [-0.3, -0.25) is 14.4 Å². The van der Waals surface area contributed by atoms with E-state index in [1.807, 2.05) is 37.3 Å². The van der Waals surface area contributed by atoms with E-state index in [1.165, 1.54) is 0 Å². The summed E-state index contributed by atoms with van der Waals surface area (Å²) >= 11 is 0. The molecule has 9 nitrogen and oxygen atoms in total. The van der Waals surface area contributed by atoms with E-state index in [2.05, 4.69) is 20.5 Å². The molecule has 2 N–H and O–H groups in total. The first kappa shape index (κ1) is 22.9. The van der Waals surface area contributed by atoms with Crippen LogP contribution in [0.1, 0.15) is 31.2 Å². The van der Waals surface area contributed by atoms with Gasteiger partial charge in [0.2, 0.25) is 5.91 Å². The van der Waals surface area contributed by atoms with Crippen molar-refractivity contribution in [1.82, 2.24) is 10.3 Å². The monoisotopic (exact) mass is 475 g/mol. The molecule has 5 rings (SSSR count). The predicted molar refractivity (Wildman–Crippen MR) is 133 cm³/mol. The van der Waals surface area contributed by atoms with Gasteiger partial charge in [0.1, 0.15) is 5.52 Å². The van der Waals surface area contributed by atoms with Crippen LogP contribution in [0.25, 0.3) is 11.1 Å². The number of amides is 3. The highest BCUT2D eigenvalue weighted by atomic mass is 16.4. The average molecular weight is 476 g/mol. The van der Waals surface area contributed by atoms with Gasteiger partial charge >= 0.3 is 11.8 Å². The number of nitrogens with one attached hydrogen (secondary N) is 2. The largest absolute Gasteiger partial charge is 0.423 e. The Bertz CT molecular complexity index is 1230. The second kappa shape index (κ2) is 9.77. The van der Waals surface area contributed by atoms with Crippen molar-refractivity contribution in [2.45, 2.75) is 32.6 Å². The third-order valence-electron chi connectivity index (χ3n) is 6.76. The molecule has 35 heavy (non-hydrogen) atoms. The maximum atomic E-state index is 12.5. The van der Waals surface area contributed by atoms with Crippen LogP contribution in [0.5, 0.6) is 0 Å². The minimum Gasteiger partial charge on any atom is -0.423 e. The number of rotatable bonds is 5. The minimum atomic E-state index is -0.712. The lowest BCUT2D eigenvalue weighted by atomic mass is 9.97. The molecule has 0 unspecified atom stereocenters. The third-order valence-corrected chi connectivity index (χ3v) is 6.76. The van der Waals surface area contributed by atoms with Gasteiger partial charge in [0.15, 0.2) is 5.58 Å². The van der Waals surface area contributed by atoms with E-state index >= 15 is 0 Å². The van der Waals surface area contributed by atoms with Gasteiger partial charge in [-0.25, -0.2) is 0 Å². The molecular formula is C26H29N5O4. The van der Waals surface area contributed by atoms with Crippen molar-refractivity contribution in [3.05, 3.63) is 48.0 Å². The molecule has 9 heteroatoms. The van der Waals surface area contributed by atoms with Gasteiger partial charge in [-0.05, 0) is 61.9 Å².